The van der Waals surface area contributed by atoms with Crippen LogP contribution in [-0.4, -0.2) is 62.9 Å². The molecule has 8 nitrogen and oxygen atoms in total. The van der Waals surface area contributed by atoms with Gasteiger partial charge < -0.3 is 4.90 Å². The minimum absolute atomic E-state index is 0.0190. The Morgan fingerprint density at radius 3 is 2.15 bits per heavy atom. The first-order valence-corrected chi connectivity index (χ1v) is 19.5. The molecule has 0 saturated carbocycles. The molecule has 0 aliphatic carbocycles. The highest BCUT2D eigenvalue weighted by atomic mass is 32.2. The Kier molecular flexibility index (Phi) is 11.9. The van der Waals surface area contributed by atoms with Crippen LogP contribution in [0.1, 0.15) is 71.4 Å². The Labute approximate surface area is 281 Å². The summed E-state index contributed by atoms with van der Waals surface area (Å²) in [5, 5.41) is 0. The fourth-order valence-corrected chi connectivity index (χ4v) is 8.19. The topological polar surface area (TPSA) is 104 Å². The quantitative estimate of drug-likeness (QED) is 0.0656. The molecule has 2 aliphatic heterocycles. The molecule has 1 N–H and O–H groups in total. The van der Waals surface area contributed by atoms with Gasteiger partial charge in [-0.05, 0) is 57.7 Å². The second kappa shape index (κ2) is 15.3. The number of unbranched alkanes of at least 4 members (excludes halogenated alkanes) is 2. The maximum atomic E-state index is 12.0. The standard InChI is InChI=1S/C37H48N2O6S2/c1-6-45-47(43,44)29-19-17-27-39-33-23-15-13-21-31(33)37(4,5)35(39)25-11-9-7-8-10-24-34-36(2,3)30-20-12-14-22-32(30)38(34)26-16-18-28-46(40,41)42/h7-15,20-25H,6,16-19,26-29H2,1-5H3/p+1. The van der Waals surface area contributed by atoms with Gasteiger partial charge in [0.2, 0.25) is 5.69 Å². The third kappa shape index (κ3) is 8.99. The van der Waals surface area contributed by atoms with Crippen molar-refractivity contribution in [2.45, 2.75) is 71.1 Å². The largest absolute Gasteiger partial charge is 0.344 e. The van der Waals surface area contributed by atoms with E-state index in [-0.39, 0.29) is 28.9 Å². The average Bonchev–Trinajstić information content (AvgIpc) is 3.35. The SMILES string of the molecule is CCOS(=O)(=O)CCCC[N+]1=C(C=CC=CC=CC=C2N(CCCCS(=O)(=O)O)c3ccccc3C2(C)C)C(C)(C)c2ccccc21. The summed E-state index contributed by atoms with van der Waals surface area (Å²) in [6.07, 6.45) is 16.6. The molecule has 2 aromatic rings. The first-order chi connectivity index (χ1) is 22.2. The summed E-state index contributed by atoms with van der Waals surface area (Å²) in [5.41, 5.74) is 6.64. The number of hydrogen-bond acceptors (Lipinski definition) is 6. The van der Waals surface area contributed by atoms with Crippen molar-refractivity contribution in [3.8, 4) is 0 Å². The Bertz CT molecular complexity index is 1800. The lowest BCUT2D eigenvalue weighted by Crippen LogP contribution is -2.28. The zero-order valence-electron chi connectivity index (χ0n) is 28.2. The summed E-state index contributed by atoms with van der Waals surface area (Å²) in [7, 11) is -7.45. The number of rotatable bonds is 16. The van der Waals surface area contributed by atoms with E-state index in [1.54, 1.807) is 6.92 Å². The van der Waals surface area contributed by atoms with Crippen molar-refractivity contribution in [3.05, 3.63) is 108 Å². The van der Waals surface area contributed by atoms with Crippen molar-refractivity contribution in [1.29, 1.82) is 0 Å². The second-order valence-electron chi connectivity index (χ2n) is 13.0. The predicted molar refractivity (Wildman–Crippen MR) is 192 cm³/mol. The smallest absolute Gasteiger partial charge is 0.267 e. The van der Waals surface area contributed by atoms with Crippen LogP contribution in [0.3, 0.4) is 0 Å². The number of nitrogens with zero attached hydrogens (tertiary/aromatic N) is 2. The molecule has 4 rings (SSSR count). The van der Waals surface area contributed by atoms with Crippen molar-refractivity contribution in [1.82, 2.24) is 0 Å². The van der Waals surface area contributed by atoms with E-state index in [4.69, 9.17) is 8.74 Å². The van der Waals surface area contributed by atoms with Gasteiger partial charge in [0.25, 0.3) is 20.2 Å². The van der Waals surface area contributed by atoms with Gasteiger partial charge in [0.15, 0.2) is 5.71 Å². The molecule has 0 atom stereocenters. The van der Waals surface area contributed by atoms with E-state index in [1.165, 1.54) is 11.1 Å². The number of fused-ring (bicyclic) bond motifs is 2. The molecule has 254 valence electrons. The normalized spacial score (nSPS) is 18.3. The Hall–Kier alpha value is -3.31. The number of hydrogen-bond donors (Lipinski definition) is 1. The van der Waals surface area contributed by atoms with Gasteiger partial charge >= 0.3 is 0 Å². The highest BCUT2D eigenvalue weighted by molar-refractivity contribution is 7.86. The molecule has 0 saturated heterocycles. The first-order valence-electron chi connectivity index (χ1n) is 16.3. The van der Waals surface area contributed by atoms with Gasteiger partial charge in [0, 0.05) is 47.5 Å². The van der Waals surface area contributed by atoms with Gasteiger partial charge in [-0.3, -0.25) is 8.74 Å². The van der Waals surface area contributed by atoms with Crippen LogP contribution in [0.15, 0.2) is 96.8 Å². The molecule has 0 unspecified atom stereocenters. The minimum atomic E-state index is -3.97. The number of para-hydroxylation sites is 2. The van der Waals surface area contributed by atoms with E-state index in [1.807, 2.05) is 48.6 Å². The van der Waals surface area contributed by atoms with E-state index >= 15 is 0 Å². The molecule has 2 heterocycles. The Morgan fingerprint density at radius 2 is 1.43 bits per heavy atom. The van der Waals surface area contributed by atoms with Crippen LogP contribution >= 0.6 is 0 Å². The summed E-state index contributed by atoms with van der Waals surface area (Å²) in [6, 6.07) is 16.7. The zero-order chi connectivity index (χ0) is 34.3. The molecule has 0 fully saturated rings. The third-order valence-electron chi connectivity index (χ3n) is 8.91. The summed E-state index contributed by atoms with van der Waals surface area (Å²) < 4.78 is 62.7. The maximum absolute atomic E-state index is 12.0. The lowest BCUT2D eigenvalue weighted by atomic mass is 9.81. The van der Waals surface area contributed by atoms with Crippen molar-refractivity contribution in [2.24, 2.45) is 0 Å². The van der Waals surface area contributed by atoms with Gasteiger partial charge in [-0.2, -0.15) is 21.4 Å². The van der Waals surface area contributed by atoms with E-state index in [0.717, 1.165) is 29.2 Å². The van der Waals surface area contributed by atoms with E-state index in [0.29, 0.717) is 32.4 Å². The molecular formula is C37H49N2O6S2+. The summed E-state index contributed by atoms with van der Waals surface area (Å²) >= 11 is 0. The van der Waals surface area contributed by atoms with Crippen LogP contribution in [-0.2, 0) is 35.2 Å². The van der Waals surface area contributed by atoms with Crippen molar-refractivity contribution >= 4 is 37.3 Å². The molecule has 10 heteroatoms. The van der Waals surface area contributed by atoms with Crippen LogP contribution in [0.5, 0.6) is 0 Å². The number of anilines is 1. The molecule has 0 spiro atoms. The van der Waals surface area contributed by atoms with Crippen molar-refractivity contribution in [2.75, 3.05) is 36.1 Å². The summed E-state index contributed by atoms with van der Waals surface area (Å²) in [6.45, 7) is 12.0. The summed E-state index contributed by atoms with van der Waals surface area (Å²) in [5.74, 6) is -0.215. The van der Waals surface area contributed by atoms with Crippen LogP contribution < -0.4 is 4.90 Å². The monoisotopic (exact) mass is 681 g/mol. The molecule has 0 radical (unpaired) electrons. The van der Waals surface area contributed by atoms with Gasteiger partial charge in [0.1, 0.15) is 6.54 Å². The lowest BCUT2D eigenvalue weighted by Gasteiger charge is -2.27. The van der Waals surface area contributed by atoms with Gasteiger partial charge in [-0.1, -0.05) is 80.6 Å². The Balaban J connectivity index is 1.48. The number of allylic oxidation sites excluding steroid dienone is 8. The second-order valence-corrected chi connectivity index (χ2v) is 16.4. The highest BCUT2D eigenvalue weighted by Gasteiger charge is 2.44. The fraction of sp³-hybridized carbons (Fsp3) is 0.432. The van der Waals surface area contributed by atoms with E-state index in [2.05, 4.69) is 79.7 Å². The molecule has 0 amide bonds. The Morgan fingerprint density at radius 1 is 0.787 bits per heavy atom. The predicted octanol–water partition coefficient (Wildman–Crippen LogP) is 7.23. The summed E-state index contributed by atoms with van der Waals surface area (Å²) in [4.78, 5) is 2.25. The molecule has 47 heavy (non-hydrogen) atoms. The highest BCUT2D eigenvalue weighted by Crippen LogP contribution is 2.47. The van der Waals surface area contributed by atoms with Gasteiger partial charge in [0.05, 0.1) is 23.5 Å². The van der Waals surface area contributed by atoms with Gasteiger partial charge in [-0.15, -0.1) is 0 Å². The van der Waals surface area contributed by atoms with Crippen LogP contribution in [0.4, 0.5) is 11.4 Å². The van der Waals surface area contributed by atoms with Crippen molar-refractivity contribution < 1.29 is 30.1 Å². The van der Waals surface area contributed by atoms with E-state index in [9.17, 15) is 16.8 Å². The molecule has 2 aliphatic rings. The first kappa shape index (κ1) is 36.5. The number of benzene rings is 2. The maximum Gasteiger partial charge on any atom is 0.267 e. The van der Waals surface area contributed by atoms with Gasteiger partial charge in [-0.25, -0.2) is 0 Å². The molecule has 2 aromatic carbocycles. The lowest BCUT2D eigenvalue weighted by molar-refractivity contribution is -0.438. The molecular weight excluding hydrogens is 633 g/mol. The van der Waals surface area contributed by atoms with Crippen LogP contribution in [0.2, 0.25) is 0 Å². The average molecular weight is 682 g/mol. The zero-order valence-corrected chi connectivity index (χ0v) is 29.9. The fourth-order valence-electron chi connectivity index (χ4n) is 6.59. The van der Waals surface area contributed by atoms with E-state index < -0.39 is 20.2 Å². The molecule has 0 aromatic heterocycles. The van der Waals surface area contributed by atoms with Crippen LogP contribution in [0.25, 0.3) is 0 Å². The van der Waals surface area contributed by atoms with Crippen LogP contribution in [0, 0.1) is 0 Å². The minimum Gasteiger partial charge on any atom is -0.344 e. The molecule has 0 bridgehead atoms. The van der Waals surface area contributed by atoms with Crippen molar-refractivity contribution in [3.63, 3.8) is 0 Å². The third-order valence-corrected chi connectivity index (χ3v) is 11.1.